The molecule has 8 heteroatoms. The van der Waals surface area contributed by atoms with Gasteiger partial charge in [0.05, 0.1) is 12.4 Å². The van der Waals surface area contributed by atoms with Gasteiger partial charge in [0.15, 0.2) is 0 Å². The molecule has 0 fully saturated rings. The highest BCUT2D eigenvalue weighted by atomic mass is 32.2. The lowest BCUT2D eigenvalue weighted by molar-refractivity contribution is -0.116. The van der Waals surface area contributed by atoms with Gasteiger partial charge in [0, 0.05) is 21.8 Å². The summed E-state index contributed by atoms with van der Waals surface area (Å²) in [5, 5.41) is 8.41. The molecule has 0 spiro atoms. The normalized spacial score (nSPS) is 11.8. The summed E-state index contributed by atoms with van der Waals surface area (Å²) in [6, 6.07) is 29.1. The lowest BCUT2D eigenvalue weighted by Gasteiger charge is -2.18. The van der Waals surface area contributed by atoms with E-state index in [0.717, 1.165) is 21.7 Å². The molecule has 1 atom stereocenters. The maximum Gasteiger partial charge on any atom is 0.272 e. The van der Waals surface area contributed by atoms with Crippen molar-refractivity contribution in [2.45, 2.75) is 37.3 Å². The minimum absolute atomic E-state index is 0.0762. The minimum atomic E-state index is -0.484. The van der Waals surface area contributed by atoms with Crippen molar-refractivity contribution in [2.24, 2.45) is 0 Å². The Morgan fingerprint density at radius 3 is 2.16 bits per heavy atom. The van der Waals surface area contributed by atoms with Gasteiger partial charge in [0.25, 0.3) is 11.8 Å². The van der Waals surface area contributed by atoms with Crippen LogP contribution in [0.4, 0.5) is 11.4 Å². The zero-order chi connectivity index (χ0) is 30.8. The van der Waals surface area contributed by atoms with Crippen LogP contribution in [0.1, 0.15) is 40.4 Å². The first-order valence-electron chi connectivity index (χ1n) is 13.9. The van der Waals surface area contributed by atoms with Crippen molar-refractivity contribution >= 4 is 46.9 Å². The number of nitrogens with one attached hydrogen (secondary N) is 3. The van der Waals surface area contributed by atoms with Crippen molar-refractivity contribution < 1.29 is 19.1 Å². The quantitative estimate of drug-likeness (QED) is 0.126. The fourth-order valence-electron chi connectivity index (χ4n) is 4.36. The number of carbonyl (C=O) groups excluding carboxylic acids is 3. The van der Waals surface area contributed by atoms with Gasteiger partial charge in [-0.3, -0.25) is 14.4 Å². The van der Waals surface area contributed by atoms with Crippen molar-refractivity contribution in [3.8, 4) is 5.75 Å². The monoisotopic (exact) mass is 593 g/mol. The third-order valence-corrected chi connectivity index (χ3v) is 8.08. The van der Waals surface area contributed by atoms with Crippen LogP contribution in [0.25, 0.3) is 6.08 Å². The van der Waals surface area contributed by atoms with E-state index in [2.05, 4.69) is 16.0 Å². The maximum atomic E-state index is 13.5. The molecule has 0 heterocycles. The second kappa shape index (κ2) is 14.9. The molecule has 7 nitrogen and oxygen atoms in total. The zero-order valence-corrected chi connectivity index (χ0v) is 25.5. The highest BCUT2D eigenvalue weighted by molar-refractivity contribution is 8.00. The third-order valence-electron chi connectivity index (χ3n) is 6.72. The molecule has 0 saturated carbocycles. The van der Waals surface area contributed by atoms with E-state index >= 15 is 0 Å². The summed E-state index contributed by atoms with van der Waals surface area (Å²) in [6.07, 6.45) is 2.23. The first-order chi connectivity index (χ1) is 20.8. The number of hydrogen-bond acceptors (Lipinski definition) is 5. The third kappa shape index (κ3) is 8.59. The maximum absolute atomic E-state index is 13.5. The van der Waals surface area contributed by atoms with Crippen LogP contribution in [0.2, 0.25) is 0 Å². The Kier molecular flexibility index (Phi) is 10.8. The Labute approximate surface area is 256 Å². The number of anilines is 2. The molecule has 0 aliphatic carbocycles. The van der Waals surface area contributed by atoms with Crippen molar-refractivity contribution in [3.63, 3.8) is 0 Å². The van der Waals surface area contributed by atoms with Gasteiger partial charge in [-0.25, -0.2) is 0 Å². The molecule has 3 N–H and O–H groups in total. The Morgan fingerprint density at radius 2 is 1.51 bits per heavy atom. The Bertz CT molecular complexity index is 1600. The van der Waals surface area contributed by atoms with E-state index in [0.29, 0.717) is 29.0 Å². The van der Waals surface area contributed by atoms with Crippen LogP contribution >= 0.6 is 11.8 Å². The fraction of sp³-hybridized carbons (Fsp3) is 0.171. The number of hydrogen-bond donors (Lipinski definition) is 3. The number of methoxy groups -OCH3 is 1. The van der Waals surface area contributed by atoms with Gasteiger partial charge in [0.2, 0.25) is 5.91 Å². The molecule has 1 unspecified atom stereocenters. The van der Waals surface area contributed by atoms with Crippen molar-refractivity contribution in [2.75, 3.05) is 17.7 Å². The molecule has 0 aromatic heterocycles. The first kappa shape index (κ1) is 31.1. The number of rotatable bonds is 11. The molecular weight excluding hydrogens is 558 g/mol. The van der Waals surface area contributed by atoms with Gasteiger partial charge in [-0.15, -0.1) is 11.8 Å². The molecule has 4 rings (SSSR count). The molecule has 0 aliphatic rings. The van der Waals surface area contributed by atoms with Crippen molar-refractivity contribution in [1.82, 2.24) is 5.32 Å². The molecule has 0 aliphatic heterocycles. The van der Waals surface area contributed by atoms with Crippen LogP contribution in [0, 0.1) is 13.8 Å². The van der Waals surface area contributed by atoms with E-state index in [1.807, 2.05) is 63.2 Å². The number of amides is 3. The molecule has 0 saturated heterocycles. The number of thioether (sulfide) groups is 1. The van der Waals surface area contributed by atoms with E-state index in [4.69, 9.17) is 4.74 Å². The molecule has 0 bridgehead atoms. The lowest BCUT2D eigenvalue weighted by Crippen LogP contribution is -2.30. The fourth-order valence-corrected chi connectivity index (χ4v) is 5.37. The predicted molar refractivity (Wildman–Crippen MR) is 174 cm³/mol. The standard InChI is InChI=1S/C35H35N3O4S/c1-5-31(35(41)38-32-23(2)11-9-12-24(32)3)43-29-16-10-15-27(22-29)36-34(40)30(21-25-17-19-28(42-4)20-18-25)37-33(39)26-13-7-6-8-14-26/h6-22,31H,5H2,1-4H3,(H,36,40)(H,37,39)(H,38,41)/b30-21+. The predicted octanol–water partition coefficient (Wildman–Crippen LogP) is 7.23. The largest absolute Gasteiger partial charge is 0.497 e. The van der Waals surface area contributed by atoms with Gasteiger partial charge in [-0.05, 0) is 85.5 Å². The van der Waals surface area contributed by atoms with E-state index in [-0.39, 0.29) is 16.9 Å². The van der Waals surface area contributed by atoms with Crippen LogP contribution in [0.5, 0.6) is 5.75 Å². The Hall–Kier alpha value is -4.82. The van der Waals surface area contributed by atoms with E-state index in [9.17, 15) is 14.4 Å². The summed E-state index contributed by atoms with van der Waals surface area (Å²) in [7, 11) is 1.58. The molecular formula is C35H35N3O4S. The van der Waals surface area contributed by atoms with Crippen molar-refractivity contribution in [1.29, 1.82) is 0 Å². The minimum Gasteiger partial charge on any atom is -0.497 e. The average Bonchev–Trinajstić information content (AvgIpc) is 3.02. The average molecular weight is 594 g/mol. The van der Waals surface area contributed by atoms with Gasteiger partial charge in [-0.2, -0.15) is 0 Å². The second-order valence-corrected chi connectivity index (χ2v) is 11.2. The Balaban J connectivity index is 1.51. The molecule has 4 aromatic carbocycles. The number of benzene rings is 4. The lowest BCUT2D eigenvalue weighted by atomic mass is 10.1. The smallest absolute Gasteiger partial charge is 0.272 e. The van der Waals surface area contributed by atoms with Gasteiger partial charge < -0.3 is 20.7 Å². The SMILES string of the molecule is CCC(Sc1cccc(NC(=O)/C(=C\c2ccc(OC)cc2)NC(=O)c2ccccc2)c1)C(=O)Nc1c(C)cccc1C. The molecule has 220 valence electrons. The molecule has 3 amide bonds. The zero-order valence-electron chi connectivity index (χ0n) is 24.6. The van der Waals surface area contributed by atoms with E-state index in [1.54, 1.807) is 67.8 Å². The number of carbonyl (C=O) groups is 3. The van der Waals surface area contributed by atoms with E-state index < -0.39 is 11.8 Å². The van der Waals surface area contributed by atoms with Gasteiger partial charge >= 0.3 is 0 Å². The van der Waals surface area contributed by atoms with Crippen LogP contribution in [-0.4, -0.2) is 30.1 Å². The van der Waals surface area contributed by atoms with E-state index in [1.165, 1.54) is 11.8 Å². The van der Waals surface area contributed by atoms with Crippen LogP contribution < -0.4 is 20.7 Å². The number of para-hydroxylation sites is 1. The summed E-state index contributed by atoms with van der Waals surface area (Å²) < 4.78 is 5.23. The Morgan fingerprint density at radius 1 is 0.837 bits per heavy atom. The summed E-state index contributed by atoms with van der Waals surface area (Å²) >= 11 is 1.43. The molecule has 0 radical (unpaired) electrons. The summed E-state index contributed by atoms with van der Waals surface area (Å²) in [5.41, 5.74) is 4.61. The highest BCUT2D eigenvalue weighted by Crippen LogP contribution is 2.30. The van der Waals surface area contributed by atoms with Crippen molar-refractivity contribution in [3.05, 3.63) is 125 Å². The molecule has 43 heavy (non-hydrogen) atoms. The topological polar surface area (TPSA) is 96.5 Å². The number of aryl methyl sites for hydroxylation is 2. The number of ether oxygens (including phenoxy) is 1. The highest BCUT2D eigenvalue weighted by Gasteiger charge is 2.20. The van der Waals surface area contributed by atoms with Crippen LogP contribution in [-0.2, 0) is 9.59 Å². The second-order valence-electron chi connectivity index (χ2n) is 9.90. The van der Waals surface area contributed by atoms with Gasteiger partial charge in [-0.1, -0.05) is 61.5 Å². The van der Waals surface area contributed by atoms with Gasteiger partial charge in [0.1, 0.15) is 11.4 Å². The summed E-state index contributed by atoms with van der Waals surface area (Å²) in [6.45, 7) is 5.92. The van der Waals surface area contributed by atoms with Crippen LogP contribution in [0.15, 0.2) is 108 Å². The molecule has 4 aromatic rings. The first-order valence-corrected chi connectivity index (χ1v) is 14.8. The summed E-state index contributed by atoms with van der Waals surface area (Å²) in [4.78, 5) is 40.4. The van der Waals surface area contributed by atoms with Crippen LogP contribution in [0.3, 0.4) is 0 Å². The summed E-state index contributed by atoms with van der Waals surface area (Å²) in [5.74, 6) is -0.283.